The van der Waals surface area contributed by atoms with Gasteiger partial charge in [-0.15, -0.1) is 0 Å². The molecule has 0 saturated carbocycles. The number of hydrogen-bond donors (Lipinski definition) is 0. The van der Waals surface area contributed by atoms with Gasteiger partial charge < -0.3 is 24.8 Å². The number of allylic oxidation sites excluding steroid dienone is 1. The van der Waals surface area contributed by atoms with E-state index in [1.165, 1.54) is 77.9 Å². The molecule has 0 bridgehead atoms. The van der Waals surface area contributed by atoms with Crippen LogP contribution >= 0.6 is 17.0 Å². The van der Waals surface area contributed by atoms with Crippen LogP contribution in [0.25, 0.3) is 39.5 Å². The Hall–Kier alpha value is -2.79. The molecule has 0 saturated heterocycles. The van der Waals surface area contributed by atoms with Crippen molar-refractivity contribution in [3.63, 3.8) is 0 Å². The van der Waals surface area contributed by atoms with E-state index in [2.05, 4.69) is 170 Å². The summed E-state index contributed by atoms with van der Waals surface area (Å²) in [4.78, 5) is 0. The smallest absolute Gasteiger partial charge is 0.0211 e. The quantitative estimate of drug-likeness (QED) is 0.168. The van der Waals surface area contributed by atoms with Crippen molar-refractivity contribution in [1.82, 2.24) is 0 Å². The first-order valence-electron chi connectivity index (χ1n) is 17.8. The van der Waals surface area contributed by atoms with Crippen LogP contribution in [0.2, 0.25) is 0 Å². The molecule has 54 heavy (non-hydrogen) atoms. The van der Waals surface area contributed by atoms with Crippen molar-refractivity contribution >= 4 is 23.1 Å². The maximum absolute atomic E-state index is 6.02. The number of fused-ring (bicyclic) bond motifs is 10. The van der Waals surface area contributed by atoms with Gasteiger partial charge in [0.1, 0.15) is 0 Å². The molecule has 7 aromatic rings. The molecule has 4 aliphatic rings. The van der Waals surface area contributed by atoms with E-state index in [0.717, 1.165) is 0 Å². The molecule has 262 valence electrons. The molecule has 4 aliphatic carbocycles. The fourth-order valence-electron chi connectivity index (χ4n) is 8.70. The zero-order valence-electron chi connectivity index (χ0n) is 29.1. The summed E-state index contributed by atoms with van der Waals surface area (Å²) in [5.41, 5.74) is 19.9. The standard InChI is InChI=1S/C26H18.C13H9.C9H7.4ClH.2Zr/c1-5-13-21-17(9-1)18-10-2-6-14-22(18)25(21)26-23-15-7-3-11-19(23)20-12-4-8-16-24(20)26;1-3-7-12-10(5-1)9-11-6-2-4-8-13(11)12;1-2-5-9-7-3-6-8(9)4-1;;;;;;/h1-16,25-26H;1-9H;1-7H;4*1H;;/q;;;;;;;2*+2/p-4. The Labute approximate surface area is 361 Å². The van der Waals surface area contributed by atoms with Gasteiger partial charge >= 0.3 is 187 Å². The Bertz CT molecular complexity index is 2240. The zero-order valence-corrected chi connectivity index (χ0v) is 37.1. The summed E-state index contributed by atoms with van der Waals surface area (Å²) in [7, 11) is 12.0. The first kappa shape index (κ1) is 39.4. The van der Waals surface area contributed by atoms with Crippen molar-refractivity contribution in [2.75, 3.05) is 0 Å². The fraction of sp³-hybridized carbons (Fsp3) is 0.0833. The molecule has 0 N–H and O–H groups in total. The fourth-order valence-corrected chi connectivity index (χ4v) is 14.0. The first-order chi connectivity index (χ1) is 25.6. The average Bonchev–Trinajstić information content (AvgIpc) is 3.95. The van der Waals surface area contributed by atoms with Gasteiger partial charge in [-0.3, -0.25) is 0 Å². The molecule has 11 rings (SSSR count). The summed E-state index contributed by atoms with van der Waals surface area (Å²) < 4.78 is 1.02. The molecule has 1 atom stereocenters. The summed E-state index contributed by atoms with van der Waals surface area (Å²) >= 11 is -0.542. The van der Waals surface area contributed by atoms with Crippen LogP contribution in [0.3, 0.4) is 0 Å². The molecule has 0 heterocycles. The number of rotatable bonds is 2. The normalized spacial score (nSPS) is 14.9. The predicted molar refractivity (Wildman–Crippen MR) is 211 cm³/mol. The van der Waals surface area contributed by atoms with Gasteiger partial charge in [0.25, 0.3) is 0 Å². The van der Waals surface area contributed by atoms with Crippen LogP contribution in [-0.2, 0) is 44.1 Å². The maximum atomic E-state index is 6.02. The van der Waals surface area contributed by atoms with Crippen molar-refractivity contribution in [2.24, 2.45) is 0 Å². The summed E-state index contributed by atoms with van der Waals surface area (Å²) in [5.74, 6) is 0.763. The largest absolute Gasteiger partial charge is 0.0619 e. The van der Waals surface area contributed by atoms with E-state index in [4.69, 9.17) is 17.0 Å². The first-order valence-corrected chi connectivity index (χ1v) is 27.0. The molecule has 7 aromatic carbocycles. The van der Waals surface area contributed by atoms with Gasteiger partial charge in [0.05, 0.1) is 0 Å². The average molecular weight is 935 g/mol. The van der Waals surface area contributed by atoms with E-state index in [1.807, 2.05) is 12.1 Å². The zero-order chi connectivity index (χ0) is 35.2. The molecule has 0 aliphatic heterocycles. The minimum atomic E-state index is -2.13. The SMILES string of the molecule is [Cl-].[Cl-].[Cl][Zr]([Cl])[CH]1C=Cc2ccccc21.[Zr+2][CH]1c2ccccc2-c2ccccc21.c1ccc2c(c1)-c1ccccc1C2C1c2ccccc2-c2ccccc21. The number of halogens is 4. The van der Waals surface area contributed by atoms with Crippen LogP contribution in [0, 0.1) is 0 Å². The molecule has 0 nitrogen and oxygen atoms in total. The molecular formula is C48H34Cl4Zr2. The molecule has 0 fully saturated rings. The summed E-state index contributed by atoms with van der Waals surface area (Å²) in [5, 5.41) is 0. The molecule has 0 aromatic heterocycles. The second-order valence-electron chi connectivity index (χ2n) is 13.7. The predicted octanol–water partition coefficient (Wildman–Crippen LogP) is 7.60. The third kappa shape index (κ3) is 7.07. The van der Waals surface area contributed by atoms with Gasteiger partial charge in [0.2, 0.25) is 0 Å². The van der Waals surface area contributed by atoms with E-state index in [-0.39, 0.29) is 24.8 Å². The van der Waals surface area contributed by atoms with Crippen LogP contribution in [0.5, 0.6) is 0 Å². The minimum absolute atomic E-state index is 0. The van der Waals surface area contributed by atoms with E-state index >= 15 is 0 Å². The minimum Gasteiger partial charge on any atom is -0.0619 e. The molecular weight excluding hydrogens is 901 g/mol. The third-order valence-corrected chi connectivity index (χ3v) is 17.7. The van der Waals surface area contributed by atoms with Gasteiger partial charge in [-0.05, 0) is 44.5 Å². The summed E-state index contributed by atoms with van der Waals surface area (Å²) in [6, 6.07) is 61.6. The molecule has 0 spiro atoms. The Morgan fingerprint density at radius 1 is 0.370 bits per heavy atom. The number of hydrogen-bond acceptors (Lipinski definition) is 0. The van der Waals surface area contributed by atoms with Gasteiger partial charge in [0, 0.05) is 11.8 Å². The van der Waals surface area contributed by atoms with Crippen molar-refractivity contribution in [3.05, 3.63) is 220 Å². The van der Waals surface area contributed by atoms with Gasteiger partial charge in [-0.2, -0.15) is 0 Å². The van der Waals surface area contributed by atoms with Crippen LogP contribution in [0.1, 0.15) is 63.6 Å². The third-order valence-electron chi connectivity index (χ3n) is 11.0. The van der Waals surface area contributed by atoms with Gasteiger partial charge in [0.15, 0.2) is 0 Å². The van der Waals surface area contributed by atoms with Crippen LogP contribution < -0.4 is 24.8 Å². The van der Waals surface area contributed by atoms with Crippen molar-refractivity contribution in [1.29, 1.82) is 0 Å². The van der Waals surface area contributed by atoms with E-state index in [9.17, 15) is 0 Å². The molecule has 0 radical (unpaired) electrons. The van der Waals surface area contributed by atoms with Gasteiger partial charge in [-0.25, -0.2) is 0 Å². The van der Waals surface area contributed by atoms with Crippen molar-refractivity contribution < 1.29 is 68.9 Å². The van der Waals surface area contributed by atoms with E-state index < -0.39 is 19.4 Å². The number of benzene rings is 7. The Balaban J connectivity index is 0.000000136. The Morgan fingerprint density at radius 2 is 0.648 bits per heavy atom. The van der Waals surface area contributed by atoms with Crippen LogP contribution in [0.15, 0.2) is 176 Å². The van der Waals surface area contributed by atoms with Crippen LogP contribution in [0.4, 0.5) is 0 Å². The second kappa shape index (κ2) is 17.1. The van der Waals surface area contributed by atoms with E-state index in [0.29, 0.717) is 19.1 Å². The Morgan fingerprint density at radius 3 is 1.00 bits per heavy atom. The molecule has 0 amide bonds. The topological polar surface area (TPSA) is 0 Å². The summed E-state index contributed by atoms with van der Waals surface area (Å²) in [6.07, 6.45) is 4.25. The van der Waals surface area contributed by atoms with Gasteiger partial charge in [-0.1, -0.05) is 97.1 Å². The van der Waals surface area contributed by atoms with Crippen molar-refractivity contribution in [2.45, 2.75) is 19.1 Å². The maximum Gasteiger partial charge on any atom is 0.0211 e. The van der Waals surface area contributed by atoms with Crippen molar-refractivity contribution in [3.8, 4) is 33.4 Å². The Kier molecular flexibility index (Phi) is 12.5. The monoisotopic (exact) mass is 930 g/mol. The second-order valence-corrected chi connectivity index (χ2v) is 24.0. The molecule has 1 unspecified atom stereocenters. The van der Waals surface area contributed by atoms with Crippen LogP contribution in [-0.4, -0.2) is 0 Å². The summed E-state index contributed by atoms with van der Waals surface area (Å²) in [6.45, 7) is 0. The van der Waals surface area contributed by atoms with E-state index in [1.54, 1.807) is 24.7 Å². The molecule has 6 heteroatoms.